The van der Waals surface area contributed by atoms with Gasteiger partial charge in [0.2, 0.25) is 0 Å². The number of H-pyrrole nitrogens is 1. The Kier molecular flexibility index (Phi) is 6.82. The van der Waals surface area contributed by atoms with Crippen LogP contribution in [0.1, 0.15) is 53.8 Å². The second-order valence-electron chi connectivity index (χ2n) is 11.3. The fourth-order valence-electron chi connectivity index (χ4n) is 6.62. The maximum absolute atomic E-state index is 15.8. The zero-order valence-electron chi connectivity index (χ0n) is 21.8. The van der Waals surface area contributed by atoms with Crippen LogP contribution in [-0.4, -0.2) is 65.9 Å². The van der Waals surface area contributed by atoms with Gasteiger partial charge in [-0.15, -0.1) is 0 Å². The number of halogens is 6. The second-order valence-corrected chi connectivity index (χ2v) is 11.3. The lowest BCUT2D eigenvalue weighted by Crippen LogP contribution is -2.47. The van der Waals surface area contributed by atoms with Crippen LogP contribution in [0.2, 0.25) is 0 Å². The number of benzene rings is 2. The Labute approximate surface area is 223 Å². The van der Waals surface area contributed by atoms with Gasteiger partial charge in [0, 0.05) is 59.6 Å². The molecule has 39 heavy (non-hydrogen) atoms. The first kappa shape index (κ1) is 26.5. The number of anilines is 1. The lowest BCUT2D eigenvalue weighted by molar-refractivity contribution is -0.155. The molecule has 0 amide bonds. The van der Waals surface area contributed by atoms with Crippen molar-refractivity contribution in [2.45, 2.75) is 63.3 Å². The molecule has 1 fully saturated rings. The van der Waals surface area contributed by atoms with E-state index in [0.717, 1.165) is 47.2 Å². The smallest absolute Gasteiger partial charge is 0.381 e. The minimum absolute atomic E-state index is 0.0520. The van der Waals surface area contributed by atoms with Crippen molar-refractivity contribution in [1.82, 2.24) is 14.8 Å². The van der Waals surface area contributed by atoms with E-state index in [1.54, 1.807) is 6.92 Å². The molecule has 2 aliphatic heterocycles. The highest BCUT2D eigenvalue weighted by Crippen LogP contribution is 2.45. The standard InChI is InChI=1S/C29H32F6N4/c1-16-9-22-21-10-17-3-4-18(17)11-25(21)37-27(22)28(39(16)15-29(33,34)35)26-23(31)12-20(13-24(26)32)36-19-5-8-38(14-19)7-2-6-30/h10-13,16,19,28,36-37H,2-9,14-15H2,1H3/t16-,19+,28-/m1/s1. The van der Waals surface area contributed by atoms with Gasteiger partial charge >= 0.3 is 6.18 Å². The zero-order chi connectivity index (χ0) is 27.5. The van der Waals surface area contributed by atoms with Gasteiger partial charge in [0.05, 0.1) is 19.3 Å². The Morgan fingerprint density at radius 1 is 1.05 bits per heavy atom. The summed E-state index contributed by atoms with van der Waals surface area (Å²) in [6, 6.07) is 4.57. The number of nitrogens with zero attached hydrogens (tertiary/aromatic N) is 2. The summed E-state index contributed by atoms with van der Waals surface area (Å²) in [5, 5.41) is 4.08. The Morgan fingerprint density at radius 3 is 2.44 bits per heavy atom. The molecule has 3 aromatic rings. The van der Waals surface area contributed by atoms with E-state index in [4.69, 9.17) is 0 Å². The van der Waals surface area contributed by atoms with E-state index in [0.29, 0.717) is 31.6 Å². The molecule has 0 unspecified atom stereocenters. The lowest BCUT2D eigenvalue weighted by Gasteiger charge is -2.41. The van der Waals surface area contributed by atoms with Crippen molar-refractivity contribution in [3.63, 3.8) is 0 Å². The molecule has 4 nitrogen and oxygen atoms in total. The highest BCUT2D eigenvalue weighted by atomic mass is 19.4. The molecule has 3 heterocycles. The number of nitrogens with one attached hydrogen (secondary N) is 2. The first-order valence-corrected chi connectivity index (χ1v) is 13.6. The van der Waals surface area contributed by atoms with E-state index in [1.807, 2.05) is 6.07 Å². The van der Waals surface area contributed by atoms with Gasteiger partial charge in [0.25, 0.3) is 0 Å². The quantitative estimate of drug-likeness (QED) is 0.340. The largest absolute Gasteiger partial charge is 0.401 e. The zero-order valence-corrected chi connectivity index (χ0v) is 21.8. The fraction of sp³-hybridized carbons (Fsp3) is 0.517. The number of aryl methyl sites for hydroxylation is 2. The molecule has 10 heteroatoms. The van der Waals surface area contributed by atoms with Gasteiger partial charge in [-0.25, -0.2) is 8.78 Å². The first-order chi connectivity index (χ1) is 18.6. The molecule has 1 saturated heterocycles. The highest BCUT2D eigenvalue weighted by molar-refractivity contribution is 5.87. The van der Waals surface area contributed by atoms with Crippen molar-refractivity contribution in [2.24, 2.45) is 0 Å². The highest BCUT2D eigenvalue weighted by Gasteiger charge is 2.44. The molecular formula is C29H32F6N4. The third-order valence-corrected chi connectivity index (χ3v) is 8.56. The summed E-state index contributed by atoms with van der Waals surface area (Å²) >= 11 is 0. The molecule has 3 atom stereocenters. The van der Waals surface area contributed by atoms with Crippen molar-refractivity contribution >= 4 is 16.6 Å². The summed E-state index contributed by atoms with van der Waals surface area (Å²) < 4.78 is 85.2. The predicted octanol–water partition coefficient (Wildman–Crippen LogP) is 6.29. The maximum Gasteiger partial charge on any atom is 0.401 e. The number of alkyl halides is 4. The molecular weight excluding hydrogens is 518 g/mol. The summed E-state index contributed by atoms with van der Waals surface area (Å²) in [6.45, 7) is 2.04. The molecule has 0 bridgehead atoms. The number of hydrogen-bond donors (Lipinski definition) is 2. The molecule has 2 aromatic carbocycles. The molecule has 6 rings (SSSR count). The van der Waals surface area contributed by atoms with Crippen LogP contribution in [-0.2, 0) is 19.3 Å². The Balaban J connectivity index is 1.37. The topological polar surface area (TPSA) is 34.3 Å². The van der Waals surface area contributed by atoms with Crippen LogP contribution in [0.15, 0.2) is 24.3 Å². The van der Waals surface area contributed by atoms with Crippen molar-refractivity contribution in [3.8, 4) is 0 Å². The van der Waals surface area contributed by atoms with E-state index in [1.165, 1.54) is 23.3 Å². The summed E-state index contributed by atoms with van der Waals surface area (Å²) in [4.78, 5) is 6.52. The molecule has 0 spiro atoms. The monoisotopic (exact) mass is 550 g/mol. The summed E-state index contributed by atoms with van der Waals surface area (Å²) in [5.74, 6) is -1.77. The normalized spacial score (nSPS) is 23.6. The van der Waals surface area contributed by atoms with E-state index in [2.05, 4.69) is 21.3 Å². The van der Waals surface area contributed by atoms with Crippen LogP contribution in [0, 0.1) is 11.6 Å². The van der Waals surface area contributed by atoms with Gasteiger partial charge in [-0.1, -0.05) is 0 Å². The van der Waals surface area contributed by atoms with Crippen molar-refractivity contribution in [2.75, 3.05) is 38.2 Å². The van der Waals surface area contributed by atoms with Gasteiger partial charge < -0.3 is 15.2 Å². The fourth-order valence-corrected chi connectivity index (χ4v) is 6.62. The van der Waals surface area contributed by atoms with Crippen LogP contribution in [0.5, 0.6) is 0 Å². The Bertz CT molecular complexity index is 1360. The number of aromatic nitrogens is 1. The molecule has 210 valence electrons. The summed E-state index contributed by atoms with van der Waals surface area (Å²) in [5.41, 5.74) is 4.33. The van der Waals surface area contributed by atoms with Gasteiger partial charge in [0.1, 0.15) is 11.6 Å². The van der Waals surface area contributed by atoms with Crippen molar-refractivity contribution in [3.05, 3.63) is 63.8 Å². The summed E-state index contributed by atoms with van der Waals surface area (Å²) in [6.07, 6.45) is -1.09. The molecule has 1 aromatic heterocycles. The average molecular weight is 551 g/mol. The molecule has 0 radical (unpaired) electrons. The number of likely N-dealkylation sites (tertiary alicyclic amines) is 1. The molecule has 0 saturated carbocycles. The van der Waals surface area contributed by atoms with E-state index in [-0.39, 0.29) is 17.3 Å². The van der Waals surface area contributed by atoms with Crippen LogP contribution in [0.25, 0.3) is 10.9 Å². The minimum Gasteiger partial charge on any atom is -0.381 e. The Hall–Kier alpha value is -2.72. The van der Waals surface area contributed by atoms with Crippen LogP contribution in [0.4, 0.5) is 32.0 Å². The molecule has 1 aliphatic carbocycles. The van der Waals surface area contributed by atoms with E-state index < -0.39 is 43.1 Å². The van der Waals surface area contributed by atoms with Crippen LogP contribution in [0.3, 0.4) is 0 Å². The van der Waals surface area contributed by atoms with E-state index in [9.17, 15) is 17.6 Å². The third-order valence-electron chi connectivity index (χ3n) is 8.56. The van der Waals surface area contributed by atoms with Gasteiger partial charge in [0.15, 0.2) is 0 Å². The predicted molar refractivity (Wildman–Crippen MR) is 139 cm³/mol. The third kappa shape index (κ3) is 5.01. The van der Waals surface area contributed by atoms with Crippen molar-refractivity contribution in [1.29, 1.82) is 0 Å². The van der Waals surface area contributed by atoms with Crippen LogP contribution >= 0.6 is 0 Å². The van der Waals surface area contributed by atoms with Gasteiger partial charge in [-0.2, -0.15) is 13.2 Å². The van der Waals surface area contributed by atoms with E-state index >= 15 is 8.78 Å². The SMILES string of the molecule is C[C@@H]1Cc2c([nH]c3cc4c(cc23)CC4)[C@@H](c2c(F)cc(N[C@H]3CCN(CCCF)C3)cc2F)N1CC(F)(F)F. The van der Waals surface area contributed by atoms with Crippen molar-refractivity contribution < 1.29 is 26.3 Å². The number of aromatic amines is 1. The average Bonchev–Trinajstić information content (AvgIpc) is 3.43. The second kappa shape index (κ2) is 10.0. The van der Waals surface area contributed by atoms with Gasteiger partial charge in [-0.3, -0.25) is 9.29 Å². The number of fused-ring (bicyclic) bond motifs is 4. The van der Waals surface area contributed by atoms with Crippen LogP contribution < -0.4 is 5.32 Å². The summed E-state index contributed by atoms with van der Waals surface area (Å²) in [7, 11) is 0. The Morgan fingerprint density at radius 2 is 1.77 bits per heavy atom. The number of rotatable bonds is 7. The maximum atomic E-state index is 15.8. The minimum atomic E-state index is -4.54. The lowest BCUT2D eigenvalue weighted by atomic mass is 9.84. The van der Waals surface area contributed by atoms with Gasteiger partial charge in [-0.05, 0) is 80.0 Å². The molecule has 2 N–H and O–H groups in total. The molecule has 3 aliphatic rings. The number of hydrogen-bond acceptors (Lipinski definition) is 3. The first-order valence-electron chi connectivity index (χ1n) is 13.6.